The number of likely N-dealkylation sites (tertiary alicyclic amines) is 1. The normalized spacial score (nSPS) is 20.1. The molecule has 0 aliphatic carbocycles. The molecule has 3 rings (SSSR count). The Hall–Kier alpha value is -1.95. The molecule has 2 aliphatic heterocycles. The lowest BCUT2D eigenvalue weighted by molar-refractivity contribution is -0.125. The molecule has 0 aromatic heterocycles. The van der Waals surface area contributed by atoms with E-state index in [4.69, 9.17) is 0 Å². The number of benzene rings is 1. The van der Waals surface area contributed by atoms with E-state index in [2.05, 4.69) is 10.2 Å². The van der Waals surface area contributed by atoms with Crippen molar-refractivity contribution in [2.45, 2.75) is 19.3 Å². The lowest BCUT2D eigenvalue weighted by atomic mass is 9.90. The van der Waals surface area contributed by atoms with Crippen LogP contribution in [0, 0.1) is 11.7 Å². The molecule has 0 spiro atoms. The van der Waals surface area contributed by atoms with Gasteiger partial charge in [-0.3, -0.25) is 9.69 Å². The molecule has 0 saturated carbocycles. The number of nitrogens with one attached hydrogen (secondary N) is 1. The first kappa shape index (κ1) is 15.9. The second-order valence-electron chi connectivity index (χ2n) is 6.32. The topological polar surface area (TPSA) is 52.7 Å². The zero-order valence-electron chi connectivity index (χ0n) is 13.1. The van der Waals surface area contributed by atoms with Gasteiger partial charge in [0.1, 0.15) is 5.82 Å². The van der Waals surface area contributed by atoms with E-state index in [9.17, 15) is 14.0 Å². The van der Waals surface area contributed by atoms with Gasteiger partial charge in [-0.05, 0) is 56.0 Å². The highest BCUT2D eigenvalue weighted by Gasteiger charge is 2.29. The number of rotatable bonds is 5. The average Bonchev–Trinajstić information content (AvgIpc) is 2.85. The molecule has 124 valence electrons. The highest BCUT2D eigenvalue weighted by Crippen LogP contribution is 2.22. The van der Waals surface area contributed by atoms with Gasteiger partial charge in [0.25, 0.3) is 0 Å². The Labute approximate surface area is 135 Å². The molecule has 5 nitrogen and oxygen atoms in total. The quantitative estimate of drug-likeness (QED) is 0.839. The zero-order chi connectivity index (χ0) is 16.2. The lowest BCUT2D eigenvalue weighted by Crippen LogP contribution is -2.42. The summed E-state index contributed by atoms with van der Waals surface area (Å²) in [6.07, 6.45) is 3.05. The Kier molecular flexibility index (Phi) is 4.91. The summed E-state index contributed by atoms with van der Waals surface area (Å²) in [5.74, 6) is 0.259. The summed E-state index contributed by atoms with van der Waals surface area (Å²) >= 11 is 0. The van der Waals surface area contributed by atoms with Gasteiger partial charge in [0.2, 0.25) is 5.91 Å². The van der Waals surface area contributed by atoms with Crippen LogP contribution in [0.1, 0.15) is 18.4 Å². The molecule has 0 bridgehead atoms. The zero-order valence-corrected chi connectivity index (χ0v) is 13.1. The van der Waals surface area contributed by atoms with E-state index in [0.29, 0.717) is 12.5 Å². The lowest BCUT2D eigenvalue weighted by Gasteiger charge is -2.32. The van der Waals surface area contributed by atoms with E-state index in [1.54, 1.807) is 12.1 Å². The van der Waals surface area contributed by atoms with Gasteiger partial charge in [0, 0.05) is 13.1 Å². The average molecular weight is 319 g/mol. The molecule has 2 fully saturated rings. The van der Waals surface area contributed by atoms with Crippen LogP contribution in [0.25, 0.3) is 0 Å². The molecule has 2 heterocycles. The monoisotopic (exact) mass is 319 g/mol. The number of imide groups is 1. The minimum absolute atomic E-state index is 0.120. The van der Waals surface area contributed by atoms with E-state index in [0.717, 1.165) is 44.5 Å². The van der Waals surface area contributed by atoms with Gasteiger partial charge in [0.05, 0.1) is 6.54 Å². The molecule has 0 radical (unpaired) electrons. The maximum atomic E-state index is 13.2. The Morgan fingerprint density at radius 2 is 1.96 bits per heavy atom. The number of nitrogens with zero attached hydrogens (tertiary/aromatic N) is 2. The first-order chi connectivity index (χ1) is 11.1. The summed E-state index contributed by atoms with van der Waals surface area (Å²) < 4.78 is 13.2. The fraction of sp³-hybridized carbons (Fsp3) is 0.529. The van der Waals surface area contributed by atoms with Crippen LogP contribution >= 0.6 is 0 Å². The summed E-state index contributed by atoms with van der Waals surface area (Å²) in [5, 5.41) is 2.53. The first-order valence-electron chi connectivity index (χ1n) is 8.17. The number of carbonyl (C=O) groups is 2. The number of carbonyl (C=O) groups excluding carboxylic acids is 2. The number of amides is 3. The van der Waals surface area contributed by atoms with E-state index < -0.39 is 0 Å². The van der Waals surface area contributed by atoms with Crippen molar-refractivity contribution in [3.05, 3.63) is 35.6 Å². The summed E-state index contributed by atoms with van der Waals surface area (Å²) in [6, 6.07) is 6.55. The van der Waals surface area contributed by atoms with Crippen molar-refractivity contribution in [3.8, 4) is 0 Å². The van der Waals surface area contributed by atoms with Crippen molar-refractivity contribution in [1.82, 2.24) is 15.1 Å². The third kappa shape index (κ3) is 4.07. The van der Waals surface area contributed by atoms with Crippen molar-refractivity contribution in [2.24, 2.45) is 5.92 Å². The van der Waals surface area contributed by atoms with E-state index in [-0.39, 0.29) is 24.3 Å². The highest BCUT2D eigenvalue weighted by atomic mass is 19.1. The molecule has 1 aromatic carbocycles. The predicted octanol–water partition coefficient (Wildman–Crippen LogP) is 1.63. The molecular weight excluding hydrogens is 297 g/mol. The highest BCUT2D eigenvalue weighted by molar-refractivity contribution is 6.01. The molecule has 3 amide bonds. The molecule has 2 aliphatic rings. The van der Waals surface area contributed by atoms with Gasteiger partial charge in [-0.2, -0.15) is 0 Å². The molecule has 6 heteroatoms. The van der Waals surface area contributed by atoms with Crippen LogP contribution in [0.5, 0.6) is 0 Å². The largest absolute Gasteiger partial charge is 0.329 e. The van der Waals surface area contributed by atoms with Crippen LogP contribution in [0.3, 0.4) is 0 Å². The second-order valence-corrected chi connectivity index (χ2v) is 6.32. The Morgan fingerprint density at radius 3 is 2.61 bits per heavy atom. The Balaban J connectivity index is 1.42. The summed E-state index contributed by atoms with van der Waals surface area (Å²) in [7, 11) is 0. The third-order valence-corrected chi connectivity index (χ3v) is 4.70. The summed E-state index contributed by atoms with van der Waals surface area (Å²) in [4.78, 5) is 26.6. The van der Waals surface area contributed by atoms with Gasteiger partial charge in [-0.1, -0.05) is 12.1 Å². The van der Waals surface area contributed by atoms with Crippen LogP contribution in [0.4, 0.5) is 9.18 Å². The predicted molar refractivity (Wildman–Crippen MR) is 84.4 cm³/mol. The first-order valence-corrected chi connectivity index (χ1v) is 8.17. The molecule has 23 heavy (non-hydrogen) atoms. The fourth-order valence-corrected chi connectivity index (χ4v) is 3.33. The third-order valence-electron chi connectivity index (χ3n) is 4.70. The fourth-order valence-electron chi connectivity index (χ4n) is 3.33. The standard InChI is InChI=1S/C17H22FN3O2/c18-15-3-1-2-14(11-15)10-13-4-6-20(7-5-13)8-9-21-16(22)12-19-17(21)23/h1-3,11,13H,4-10,12H2,(H,19,23). The van der Waals surface area contributed by atoms with Gasteiger partial charge in [-0.15, -0.1) is 0 Å². The minimum Gasteiger partial charge on any atom is -0.329 e. The molecular formula is C17H22FN3O2. The number of hydrogen-bond donors (Lipinski definition) is 1. The maximum absolute atomic E-state index is 13.2. The van der Waals surface area contributed by atoms with Crippen molar-refractivity contribution in [1.29, 1.82) is 0 Å². The van der Waals surface area contributed by atoms with E-state index in [1.807, 2.05) is 6.07 Å². The van der Waals surface area contributed by atoms with Crippen LogP contribution in [-0.4, -0.2) is 54.5 Å². The number of piperidine rings is 1. The molecule has 2 saturated heterocycles. The van der Waals surface area contributed by atoms with Gasteiger partial charge < -0.3 is 10.2 Å². The van der Waals surface area contributed by atoms with Crippen LogP contribution < -0.4 is 5.32 Å². The van der Waals surface area contributed by atoms with Crippen molar-refractivity contribution < 1.29 is 14.0 Å². The summed E-state index contributed by atoms with van der Waals surface area (Å²) in [6.45, 7) is 3.23. The van der Waals surface area contributed by atoms with E-state index in [1.165, 1.54) is 11.0 Å². The van der Waals surface area contributed by atoms with Crippen molar-refractivity contribution in [3.63, 3.8) is 0 Å². The number of urea groups is 1. The minimum atomic E-state index is -0.281. The number of hydrogen-bond acceptors (Lipinski definition) is 3. The molecule has 0 atom stereocenters. The number of halogens is 1. The van der Waals surface area contributed by atoms with Crippen molar-refractivity contribution in [2.75, 3.05) is 32.7 Å². The Morgan fingerprint density at radius 1 is 1.17 bits per heavy atom. The smallest absolute Gasteiger partial charge is 0.324 e. The summed E-state index contributed by atoms with van der Waals surface area (Å²) in [5.41, 5.74) is 1.06. The van der Waals surface area contributed by atoms with E-state index >= 15 is 0 Å². The van der Waals surface area contributed by atoms with Crippen LogP contribution in [-0.2, 0) is 11.2 Å². The molecule has 1 aromatic rings. The SMILES string of the molecule is O=C1CNC(=O)N1CCN1CCC(Cc2cccc(F)c2)CC1. The Bertz CT molecular complexity index is 569. The maximum Gasteiger partial charge on any atom is 0.324 e. The molecule has 0 unspecified atom stereocenters. The van der Waals surface area contributed by atoms with Crippen LogP contribution in [0.2, 0.25) is 0 Å². The van der Waals surface area contributed by atoms with Crippen LogP contribution in [0.15, 0.2) is 24.3 Å². The van der Waals surface area contributed by atoms with Crippen molar-refractivity contribution >= 4 is 11.9 Å². The van der Waals surface area contributed by atoms with Gasteiger partial charge >= 0.3 is 6.03 Å². The second kappa shape index (κ2) is 7.08. The molecule has 1 N–H and O–H groups in total. The van der Waals surface area contributed by atoms with Gasteiger partial charge in [0.15, 0.2) is 0 Å². The van der Waals surface area contributed by atoms with Gasteiger partial charge in [-0.25, -0.2) is 9.18 Å².